The number of alkyl carbamates (subject to hydrolysis) is 1. The van der Waals surface area contributed by atoms with Crippen molar-refractivity contribution in [2.24, 2.45) is 0 Å². The molecule has 6 nitrogen and oxygen atoms in total. The number of nitrogens with one attached hydrogen (secondary N) is 2. The number of unbranched alkanes of at least 4 members (excludes halogenated alkanes) is 1. The number of carbonyl (C=O) groups is 1. The number of piperidine rings is 1. The Morgan fingerprint density at radius 2 is 1.92 bits per heavy atom. The highest BCUT2D eigenvalue weighted by atomic mass is 19.1. The van der Waals surface area contributed by atoms with Crippen LogP contribution in [0.1, 0.15) is 65.9 Å². The van der Waals surface area contributed by atoms with Gasteiger partial charge in [-0.25, -0.2) is 9.18 Å². The van der Waals surface area contributed by atoms with Crippen molar-refractivity contribution in [3.05, 3.63) is 59.4 Å². The van der Waals surface area contributed by atoms with E-state index in [1.54, 1.807) is 26.8 Å². The van der Waals surface area contributed by atoms with Gasteiger partial charge in [0, 0.05) is 19.6 Å². The SMILES string of the molecule is CCC/C=C\c1ccc(-c2ccc(C[C@@H](C#N)NC(=O)OC(C)(C)C)c(F)c2)cc1NC1CCN(C)CC1.[HH]. The van der Waals surface area contributed by atoms with Crippen molar-refractivity contribution in [3.63, 3.8) is 0 Å². The Kier molecular flexibility index (Phi) is 10.3. The van der Waals surface area contributed by atoms with E-state index in [-0.39, 0.29) is 7.85 Å². The fourth-order valence-corrected chi connectivity index (χ4v) is 4.45. The number of hydrogen-bond donors (Lipinski definition) is 2. The standard InChI is InChI=1S/C31H41FN4O2.H2/c1-6-7-8-9-22-10-11-24(20-29(22)34-26-14-16-36(5)17-15-26)23-12-13-25(28(32)19-23)18-27(21-33)35-30(37)38-31(2,3)4;/h8-13,19-20,26-27,34H,6-7,14-18H2,1-5H3,(H,35,37);1H/b9-8-;/t27-;/m0./s1. The van der Waals surface area contributed by atoms with Gasteiger partial charge in [-0.1, -0.05) is 49.8 Å². The predicted octanol–water partition coefficient (Wildman–Crippen LogP) is 7.02. The minimum Gasteiger partial charge on any atom is -0.444 e. The van der Waals surface area contributed by atoms with Crippen LogP contribution in [0, 0.1) is 17.1 Å². The number of nitrogens with zero attached hydrogens (tertiary/aromatic N) is 2. The van der Waals surface area contributed by atoms with Gasteiger partial charge >= 0.3 is 6.09 Å². The molecule has 1 heterocycles. The van der Waals surface area contributed by atoms with Crippen LogP contribution in [0.4, 0.5) is 14.9 Å². The van der Waals surface area contributed by atoms with E-state index in [1.165, 1.54) is 6.07 Å². The van der Waals surface area contributed by atoms with Gasteiger partial charge in [-0.2, -0.15) is 5.26 Å². The molecule has 0 spiro atoms. The molecule has 1 aliphatic heterocycles. The number of rotatable bonds is 9. The van der Waals surface area contributed by atoms with Crippen molar-refractivity contribution in [1.29, 1.82) is 5.26 Å². The molecule has 206 valence electrons. The smallest absolute Gasteiger partial charge is 0.408 e. The van der Waals surface area contributed by atoms with Crippen LogP contribution >= 0.6 is 0 Å². The highest BCUT2D eigenvalue weighted by Gasteiger charge is 2.21. The molecule has 2 aromatic carbocycles. The number of likely N-dealkylation sites (tertiary alicyclic amines) is 1. The number of hydrogen-bond acceptors (Lipinski definition) is 5. The molecule has 3 rings (SSSR count). The molecule has 38 heavy (non-hydrogen) atoms. The molecule has 0 unspecified atom stereocenters. The zero-order valence-corrected chi connectivity index (χ0v) is 23.3. The molecule has 1 fully saturated rings. The maximum atomic E-state index is 15.2. The minimum atomic E-state index is -0.898. The number of anilines is 1. The Hall–Kier alpha value is -3.37. The van der Waals surface area contributed by atoms with Gasteiger partial charge in [0.25, 0.3) is 0 Å². The summed E-state index contributed by atoms with van der Waals surface area (Å²) in [6.45, 7) is 9.53. The molecule has 1 saturated heterocycles. The molecule has 2 aromatic rings. The van der Waals surface area contributed by atoms with Gasteiger partial charge in [0.15, 0.2) is 0 Å². The average Bonchev–Trinajstić information content (AvgIpc) is 2.86. The Bertz CT molecular complexity index is 1160. The summed E-state index contributed by atoms with van der Waals surface area (Å²) in [6.07, 6.45) is 7.99. The third-order valence-corrected chi connectivity index (χ3v) is 6.54. The first-order chi connectivity index (χ1) is 18.1. The van der Waals surface area contributed by atoms with Crippen LogP contribution in [0.2, 0.25) is 0 Å². The Balaban J connectivity index is 0.00000533. The van der Waals surface area contributed by atoms with E-state index in [1.807, 2.05) is 18.2 Å². The Labute approximate surface area is 228 Å². The minimum absolute atomic E-state index is 0. The van der Waals surface area contributed by atoms with Crippen LogP contribution in [0.3, 0.4) is 0 Å². The molecule has 0 bridgehead atoms. The van der Waals surface area contributed by atoms with Gasteiger partial charge in [0.2, 0.25) is 0 Å². The largest absolute Gasteiger partial charge is 0.444 e. The van der Waals surface area contributed by atoms with E-state index < -0.39 is 23.6 Å². The van der Waals surface area contributed by atoms with Gasteiger partial charge in [0.05, 0.1) is 6.07 Å². The van der Waals surface area contributed by atoms with Crippen molar-refractivity contribution < 1.29 is 15.3 Å². The summed E-state index contributed by atoms with van der Waals surface area (Å²) in [5, 5.41) is 15.7. The van der Waals surface area contributed by atoms with Crippen molar-refractivity contribution >= 4 is 17.9 Å². The van der Waals surface area contributed by atoms with Crippen LogP contribution in [0.5, 0.6) is 0 Å². The number of allylic oxidation sites excluding steroid dienone is 1. The fraction of sp³-hybridized carbons (Fsp3) is 0.484. The number of halogens is 1. The van der Waals surface area contributed by atoms with Gasteiger partial charge in [-0.3, -0.25) is 0 Å². The van der Waals surface area contributed by atoms with Gasteiger partial charge in [-0.05, 0) is 94.6 Å². The second-order valence-electron chi connectivity index (χ2n) is 11.1. The summed E-state index contributed by atoms with van der Waals surface area (Å²) >= 11 is 0. The van der Waals surface area contributed by atoms with Crippen LogP contribution in [0.15, 0.2) is 42.5 Å². The van der Waals surface area contributed by atoms with E-state index in [4.69, 9.17) is 4.74 Å². The second kappa shape index (κ2) is 13.4. The molecule has 0 aromatic heterocycles. The van der Waals surface area contributed by atoms with Crippen LogP contribution in [-0.2, 0) is 11.2 Å². The number of ether oxygens (including phenoxy) is 1. The lowest BCUT2D eigenvalue weighted by molar-refractivity contribution is 0.0515. The van der Waals surface area contributed by atoms with E-state index in [2.05, 4.69) is 53.8 Å². The molecule has 0 radical (unpaired) electrons. The molecule has 1 aliphatic rings. The van der Waals surface area contributed by atoms with Crippen LogP contribution in [0.25, 0.3) is 17.2 Å². The summed E-state index contributed by atoms with van der Waals surface area (Å²) in [5.74, 6) is -0.412. The molecular formula is C31H43FN4O2. The highest BCUT2D eigenvalue weighted by Crippen LogP contribution is 2.30. The fourth-order valence-electron chi connectivity index (χ4n) is 4.45. The maximum Gasteiger partial charge on any atom is 0.408 e. The second-order valence-corrected chi connectivity index (χ2v) is 11.1. The number of carbonyl (C=O) groups excluding carboxylic acids is 1. The van der Waals surface area contributed by atoms with E-state index in [9.17, 15) is 10.1 Å². The van der Waals surface area contributed by atoms with E-state index in [0.717, 1.165) is 61.2 Å². The predicted molar refractivity (Wildman–Crippen MR) is 155 cm³/mol. The molecule has 1 amide bonds. The molecular weight excluding hydrogens is 479 g/mol. The van der Waals surface area contributed by atoms with Crippen molar-refractivity contribution in [1.82, 2.24) is 10.2 Å². The normalized spacial score (nSPS) is 15.7. The summed E-state index contributed by atoms with van der Waals surface area (Å²) in [7, 11) is 2.15. The van der Waals surface area contributed by atoms with Crippen molar-refractivity contribution in [2.75, 3.05) is 25.5 Å². The Morgan fingerprint density at radius 1 is 1.24 bits per heavy atom. The summed E-state index contributed by atoms with van der Waals surface area (Å²) in [4.78, 5) is 14.4. The molecule has 2 N–H and O–H groups in total. The van der Waals surface area contributed by atoms with Crippen molar-refractivity contribution in [2.45, 2.75) is 77.5 Å². The molecule has 0 aliphatic carbocycles. The third-order valence-electron chi connectivity index (χ3n) is 6.54. The van der Waals surface area contributed by atoms with Gasteiger partial charge in [-0.15, -0.1) is 0 Å². The van der Waals surface area contributed by atoms with Gasteiger partial charge < -0.3 is 20.3 Å². The van der Waals surface area contributed by atoms with Crippen LogP contribution < -0.4 is 10.6 Å². The van der Waals surface area contributed by atoms with Crippen molar-refractivity contribution in [3.8, 4) is 17.2 Å². The topological polar surface area (TPSA) is 77.4 Å². The Morgan fingerprint density at radius 3 is 2.55 bits per heavy atom. The zero-order chi connectivity index (χ0) is 27.7. The highest BCUT2D eigenvalue weighted by molar-refractivity contribution is 5.76. The summed E-state index contributed by atoms with van der Waals surface area (Å²) < 4.78 is 20.4. The lowest BCUT2D eigenvalue weighted by atomic mass is 9.97. The maximum absolute atomic E-state index is 15.2. The number of nitriles is 1. The lowest BCUT2D eigenvalue weighted by Crippen LogP contribution is -2.39. The van der Waals surface area contributed by atoms with Crippen LogP contribution in [-0.4, -0.2) is 48.8 Å². The first-order valence-electron chi connectivity index (χ1n) is 13.5. The van der Waals surface area contributed by atoms with E-state index >= 15 is 4.39 Å². The average molecular weight is 523 g/mol. The molecule has 7 heteroatoms. The quantitative estimate of drug-likeness (QED) is 0.370. The zero-order valence-electron chi connectivity index (χ0n) is 23.3. The number of amides is 1. The summed E-state index contributed by atoms with van der Waals surface area (Å²) in [5.41, 5.74) is 3.54. The van der Waals surface area contributed by atoms with E-state index in [0.29, 0.717) is 11.6 Å². The molecule has 0 saturated carbocycles. The third kappa shape index (κ3) is 8.88. The van der Waals surface area contributed by atoms with Gasteiger partial charge in [0.1, 0.15) is 17.5 Å². The summed E-state index contributed by atoms with van der Waals surface area (Å²) in [6, 6.07) is 12.8. The molecule has 1 atom stereocenters. The number of benzene rings is 2. The first-order valence-corrected chi connectivity index (χ1v) is 13.5. The first kappa shape index (κ1) is 29.2. The lowest BCUT2D eigenvalue weighted by Gasteiger charge is -2.30. The monoisotopic (exact) mass is 522 g/mol.